The maximum atomic E-state index is 2.46. The Labute approximate surface area is 381 Å². The molecule has 0 fully saturated rings. The van der Waals surface area contributed by atoms with Gasteiger partial charge in [-0.1, -0.05) is 129 Å². The number of thiophene rings is 1. The molecule has 0 saturated heterocycles. The first-order valence-corrected chi connectivity index (χ1v) is 23.3. The van der Waals surface area contributed by atoms with Gasteiger partial charge >= 0.3 is 0 Å². The van der Waals surface area contributed by atoms with Crippen LogP contribution in [0.5, 0.6) is 0 Å². The zero-order chi connectivity index (χ0) is 43.0. The number of benzene rings is 10. The lowest BCUT2D eigenvalue weighted by Gasteiger charge is -2.28. The third-order valence-electron chi connectivity index (χ3n) is 14.2. The molecule has 0 saturated carbocycles. The fourth-order valence-electron chi connectivity index (χ4n) is 11.2. The van der Waals surface area contributed by atoms with E-state index in [0.29, 0.717) is 0 Å². The number of hydrogen-bond acceptors (Lipinski definition) is 3. The molecule has 1 aliphatic carbocycles. The summed E-state index contributed by atoms with van der Waals surface area (Å²) < 4.78 is 5.06. The van der Waals surface area contributed by atoms with E-state index in [1.54, 1.807) is 0 Å². The predicted octanol–water partition coefficient (Wildman–Crippen LogP) is 17.5. The molecule has 14 rings (SSSR count). The molecule has 2 aromatic heterocycles. The summed E-state index contributed by atoms with van der Waals surface area (Å²) in [5.74, 6) is 0. The smallest absolute Gasteiger partial charge is 0.0542 e. The molecule has 2 aliphatic rings. The van der Waals surface area contributed by atoms with Crippen LogP contribution in [0.3, 0.4) is 0 Å². The average Bonchev–Trinajstić information content (AvgIpc) is 3.96. The van der Waals surface area contributed by atoms with Crippen molar-refractivity contribution < 1.29 is 0 Å². The second kappa shape index (κ2) is 13.5. The Bertz CT molecular complexity index is 3960. The number of aromatic nitrogens is 1. The van der Waals surface area contributed by atoms with Crippen LogP contribution < -0.4 is 9.80 Å². The van der Waals surface area contributed by atoms with Gasteiger partial charge < -0.3 is 14.4 Å². The van der Waals surface area contributed by atoms with Crippen molar-refractivity contribution in [3.8, 4) is 27.9 Å². The van der Waals surface area contributed by atoms with Gasteiger partial charge in [0.1, 0.15) is 0 Å². The third-order valence-corrected chi connectivity index (χ3v) is 15.4. The second-order valence-electron chi connectivity index (χ2n) is 18.2. The van der Waals surface area contributed by atoms with E-state index in [4.69, 9.17) is 0 Å². The summed E-state index contributed by atoms with van der Waals surface area (Å²) in [6.07, 6.45) is 0. The van der Waals surface area contributed by atoms with E-state index in [9.17, 15) is 0 Å². The van der Waals surface area contributed by atoms with Gasteiger partial charge in [0.25, 0.3) is 0 Å². The molecule has 3 heterocycles. The van der Waals surface area contributed by atoms with Crippen LogP contribution in [0.2, 0.25) is 0 Å². The van der Waals surface area contributed by atoms with Gasteiger partial charge in [-0.25, -0.2) is 0 Å². The van der Waals surface area contributed by atoms with Crippen molar-refractivity contribution in [1.82, 2.24) is 4.57 Å². The Balaban J connectivity index is 0.998. The summed E-state index contributed by atoms with van der Waals surface area (Å²) >= 11 is 1.87. The van der Waals surface area contributed by atoms with Crippen LogP contribution in [-0.2, 0) is 5.41 Å². The highest BCUT2D eigenvalue weighted by Crippen LogP contribution is 2.53. The maximum Gasteiger partial charge on any atom is 0.0542 e. The highest BCUT2D eigenvalue weighted by Gasteiger charge is 2.37. The first-order valence-electron chi connectivity index (χ1n) is 22.5. The lowest BCUT2D eigenvalue weighted by molar-refractivity contribution is 0.660. The van der Waals surface area contributed by atoms with Crippen LogP contribution in [0.4, 0.5) is 34.1 Å². The quantitative estimate of drug-likeness (QED) is 0.175. The topological polar surface area (TPSA) is 11.4 Å². The van der Waals surface area contributed by atoms with Crippen molar-refractivity contribution in [3.05, 3.63) is 223 Å². The molecule has 4 heteroatoms. The largest absolute Gasteiger partial charge is 0.310 e. The Kier molecular flexibility index (Phi) is 7.62. The molecule has 0 atom stereocenters. The van der Waals surface area contributed by atoms with Crippen LogP contribution in [0.15, 0.2) is 212 Å². The van der Waals surface area contributed by atoms with Crippen LogP contribution in [0.25, 0.3) is 80.7 Å². The zero-order valence-corrected chi connectivity index (χ0v) is 36.8. The minimum atomic E-state index is -0.163. The fraction of sp³-hybridized carbons (Fsp3) is 0.0492. The summed E-state index contributed by atoms with van der Waals surface area (Å²) in [5, 5.41) is 7.55. The number of hydrogen-bond donors (Lipinski definition) is 0. The first kappa shape index (κ1) is 36.6. The molecule has 0 amide bonds. The summed E-state index contributed by atoms with van der Waals surface area (Å²) in [7, 11) is 0. The molecule has 0 N–H and O–H groups in total. The highest BCUT2D eigenvalue weighted by molar-refractivity contribution is 7.25. The molecule has 306 valence electrons. The third kappa shape index (κ3) is 5.35. The van der Waals surface area contributed by atoms with E-state index in [0.717, 1.165) is 34.1 Å². The van der Waals surface area contributed by atoms with E-state index in [1.807, 2.05) is 11.3 Å². The van der Waals surface area contributed by atoms with E-state index < -0.39 is 0 Å². The molecule has 8 bridgehead atoms. The number of fused-ring (bicyclic) bond motifs is 14. The van der Waals surface area contributed by atoms with Crippen LogP contribution in [0.1, 0.15) is 25.0 Å². The summed E-state index contributed by atoms with van der Waals surface area (Å²) in [6.45, 7) is 4.76. The minimum absolute atomic E-state index is 0.163. The lowest BCUT2D eigenvalue weighted by atomic mass is 9.82. The fourth-order valence-corrected chi connectivity index (χ4v) is 12.3. The lowest BCUT2D eigenvalue weighted by Crippen LogP contribution is -2.16. The van der Waals surface area contributed by atoms with Gasteiger partial charge in [0.15, 0.2) is 0 Å². The van der Waals surface area contributed by atoms with Gasteiger partial charge in [-0.15, -0.1) is 11.3 Å². The summed E-state index contributed by atoms with van der Waals surface area (Å²) in [4.78, 5) is 4.92. The van der Waals surface area contributed by atoms with Gasteiger partial charge in [0, 0.05) is 75.9 Å². The van der Waals surface area contributed by atoms with E-state index in [2.05, 4.69) is 241 Å². The molecule has 1 aliphatic heterocycles. The SMILES string of the molecule is CC1(C)c2ccc3cc2-c2cc(ccc21)N(c1ccc2c(c1)c1ccccc1n2-c1cccc2ccccc12)c1cccc(c1)-c1cccc(c1)N3c1ccc2c(c1)sc1ccccc12. The molecule has 65 heavy (non-hydrogen) atoms. The van der Waals surface area contributed by atoms with Gasteiger partial charge in [0.2, 0.25) is 0 Å². The van der Waals surface area contributed by atoms with Gasteiger partial charge in [-0.3, -0.25) is 0 Å². The summed E-state index contributed by atoms with van der Waals surface area (Å²) in [5.41, 5.74) is 17.8. The molecule has 3 nitrogen and oxygen atoms in total. The molecule has 0 unspecified atom stereocenters. The number of nitrogens with zero attached hydrogens (tertiary/aromatic N) is 3. The number of rotatable bonds is 3. The van der Waals surface area contributed by atoms with Gasteiger partial charge in [-0.2, -0.15) is 0 Å². The predicted molar refractivity (Wildman–Crippen MR) is 277 cm³/mol. The Hall–Kier alpha value is -7.92. The number of anilines is 6. The normalized spacial score (nSPS) is 13.8. The monoisotopic (exact) mass is 847 g/mol. The second-order valence-corrected chi connectivity index (χ2v) is 19.3. The number of para-hydroxylation sites is 1. The van der Waals surface area contributed by atoms with E-state index >= 15 is 0 Å². The Morgan fingerprint density at radius 2 is 0.877 bits per heavy atom. The zero-order valence-electron chi connectivity index (χ0n) is 36.0. The molecular weight excluding hydrogens is 807 g/mol. The molecule has 12 aromatic rings. The van der Waals surface area contributed by atoms with E-state index in [1.165, 1.54) is 91.8 Å². The Morgan fingerprint density at radius 1 is 0.354 bits per heavy atom. The van der Waals surface area contributed by atoms with Crippen molar-refractivity contribution >= 4 is 98.2 Å². The van der Waals surface area contributed by atoms with Crippen LogP contribution in [-0.4, -0.2) is 4.57 Å². The summed E-state index contributed by atoms with van der Waals surface area (Å²) in [6, 6.07) is 79.5. The van der Waals surface area contributed by atoms with Crippen molar-refractivity contribution in [2.75, 3.05) is 9.80 Å². The van der Waals surface area contributed by atoms with Crippen molar-refractivity contribution in [2.24, 2.45) is 0 Å². The molecule has 10 aromatic carbocycles. The molecule has 0 radical (unpaired) electrons. The van der Waals surface area contributed by atoms with Crippen molar-refractivity contribution in [2.45, 2.75) is 19.3 Å². The van der Waals surface area contributed by atoms with Crippen molar-refractivity contribution in [1.29, 1.82) is 0 Å². The van der Waals surface area contributed by atoms with Gasteiger partial charge in [-0.05, 0) is 136 Å². The standard InChI is InChI=1S/C61H41N3S/c1-61(2)54-29-25-43-34-51(54)52-35-44(26-30-55(52)61)63(46-24-28-50-49-20-6-8-23-59(49)65-60(50)37-46)42-17-10-15-40(33-42)39-14-9-16-41(32-39)62(43)45-27-31-58-53(36-45)48-19-5-7-21-57(48)64(58)56-22-11-13-38-12-3-4-18-47(38)56/h3-37H,1-2H3. The average molecular weight is 848 g/mol. The minimum Gasteiger partial charge on any atom is -0.310 e. The highest BCUT2D eigenvalue weighted by atomic mass is 32.1. The van der Waals surface area contributed by atoms with Crippen molar-refractivity contribution in [3.63, 3.8) is 0 Å². The van der Waals surface area contributed by atoms with Gasteiger partial charge in [0.05, 0.1) is 16.7 Å². The van der Waals surface area contributed by atoms with Crippen LogP contribution >= 0.6 is 11.3 Å². The van der Waals surface area contributed by atoms with Crippen LogP contribution in [0, 0.1) is 0 Å². The molecule has 0 spiro atoms. The first-order chi connectivity index (χ1) is 32.0. The van der Waals surface area contributed by atoms with E-state index in [-0.39, 0.29) is 5.41 Å². The Morgan fingerprint density at radius 3 is 1.62 bits per heavy atom. The maximum absolute atomic E-state index is 2.46. The molecular formula is C61H41N3S.